The largest absolute Gasteiger partial charge is 0.394 e. The van der Waals surface area contributed by atoms with Crippen molar-refractivity contribution in [2.75, 3.05) is 18.6 Å². The number of hydrogen-bond acceptors (Lipinski definition) is 6. The Morgan fingerprint density at radius 1 is 1.65 bits per heavy atom. The van der Waals surface area contributed by atoms with E-state index in [0.29, 0.717) is 17.0 Å². The summed E-state index contributed by atoms with van der Waals surface area (Å²) in [6.07, 6.45) is 2.55. The molecule has 0 aromatic carbocycles. The Morgan fingerprint density at radius 2 is 2.41 bits per heavy atom. The number of nitrogens with zero attached hydrogens (tertiary/aromatic N) is 3. The van der Waals surface area contributed by atoms with Crippen LogP contribution in [0.4, 0.5) is 5.82 Å². The zero-order valence-corrected chi connectivity index (χ0v) is 10.1. The maximum atomic E-state index is 9.43. The number of nitrogens with one attached hydrogen (secondary N) is 1. The molecule has 0 fully saturated rings. The minimum atomic E-state index is -0.844. The molecule has 0 bridgehead atoms. The quantitative estimate of drug-likeness (QED) is 0.408. The van der Waals surface area contributed by atoms with Gasteiger partial charge in [-0.25, -0.2) is 4.57 Å². The smallest absolute Gasteiger partial charge is 0.294 e. The van der Waals surface area contributed by atoms with Gasteiger partial charge in [-0.15, -0.1) is 0 Å². The summed E-state index contributed by atoms with van der Waals surface area (Å²) >= 11 is 1.46. The summed E-state index contributed by atoms with van der Waals surface area (Å²) in [5, 5.41) is 19.0. The van der Waals surface area contributed by atoms with Gasteiger partial charge in [0.2, 0.25) is 17.3 Å². The molecular formula is C9H14N5O2S+. The lowest BCUT2D eigenvalue weighted by Crippen LogP contribution is -2.42. The number of nitrogens with two attached hydrogens (primary N) is 1. The van der Waals surface area contributed by atoms with Crippen molar-refractivity contribution in [2.24, 2.45) is 0 Å². The lowest BCUT2D eigenvalue weighted by atomic mass is 10.3. The molecule has 0 unspecified atom stereocenters. The van der Waals surface area contributed by atoms with Crippen LogP contribution in [0.3, 0.4) is 0 Å². The number of thioether (sulfide) groups is 1. The van der Waals surface area contributed by atoms with E-state index in [4.69, 9.17) is 10.8 Å². The number of hydrogen-bond donors (Lipinski definition) is 4. The van der Waals surface area contributed by atoms with Gasteiger partial charge in [0, 0.05) is 0 Å². The van der Waals surface area contributed by atoms with Crippen LogP contribution in [0.5, 0.6) is 0 Å². The Hall–Kier alpha value is -1.38. The molecule has 0 aliphatic heterocycles. The zero-order valence-electron chi connectivity index (χ0n) is 9.29. The molecule has 2 aromatic rings. The van der Waals surface area contributed by atoms with E-state index >= 15 is 0 Å². The van der Waals surface area contributed by atoms with Crippen LogP contribution in [0, 0.1) is 0 Å². The molecule has 0 aliphatic rings. The molecule has 92 valence electrons. The maximum absolute atomic E-state index is 9.43. The number of nitrogen functional groups attached to an aromatic ring is 1. The first-order valence-electron chi connectivity index (χ1n) is 5.02. The average Bonchev–Trinajstić information content (AvgIpc) is 2.77. The first-order chi connectivity index (χ1) is 8.15. The number of rotatable bonds is 4. The monoisotopic (exact) mass is 256 g/mol. The van der Waals surface area contributed by atoms with Crippen LogP contribution in [-0.4, -0.2) is 44.1 Å². The van der Waals surface area contributed by atoms with Crippen LogP contribution in [0.15, 0.2) is 11.5 Å². The first kappa shape index (κ1) is 12.1. The van der Waals surface area contributed by atoms with E-state index in [1.165, 1.54) is 18.1 Å². The van der Waals surface area contributed by atoms with E-state index in [1.807, 2.05) is 6.26 Å². The van der Waals surface area contributed by atoms with E-state index in [0.717, 1.165) is 5.16 Å². The molecule has 0 amide bonds. The number of aliphatic hydroxyl groups is 2. The Balaban J connectivity index is 2.49. The van der Waals surface area contributed by atoms with Crippen molar-refractivity contribution in [3.63, 3.8) is 0 Å². The minimum absolute atomic E-state index is 0.221. The molecule has 0 saturated heterocycles. The molecule has 0 aliphatic carbocycles. The van der Waals surface area contributed by atoms with Gasteiger partial charge in [-0.05, 0) is 6.26 Å². The standard InChI is InChI=1S/C9H13N5O2S/c1-17-9-12-6-7(10)11-4-14(8(6)13-9)2-5(16)3-15/h4-5,15-16H,2-3H2,1H3,(H2,10,12,13)/p+1/t5-/m1/s1. The van der Waals surface area contributed by atoms with Gasteiger partial charge < -0.3 is 20.9 Å². The topological polar surface area (TPSA) is 112 Å². The fourth-order valence-electron chi connectivity index (χ4n) is 1.50. The third-order valence-electron chi connectivity index (χ3n) is 2.34. The third kappa shape index (κ3) is 2.33. The third-order valence-corrected chi connectivity index (χ3v) is 2.92. The van der Waals surface area contributed by atoms with E-state index < -0.39 is 6.10 Å². The van der Waals surface area contributed by atoms with Gasteiger partial charge in [-0.2, -0.15) is 0 Å². The molecule has 2 aromatic heterocycles. The van der Waals surface area contributed by atoms with Crippen molar-refractivity contribution in [3.8, 4) is 0 Å². The molecule has 0 spiro atoms. The molecule has 1 atom stereocenters. The number of aromatic amines is 1. The van der Waals surface area contributed by atoms with Crippen molar-refractivity contribution in [1.29, 1.82) is 0 Å². The second-order valence-corrected chi connectivity index (χ2v) is 4.36. The van der Waals surface area contributed by atoms with Gasteiger partial charge in [0.25, 0.3) is 5.65 Å². The summed E-state index contributed by atoms with van der Waals surface area (Å²) in [6.45, 7) is -0.0857. The Labute approximate surface area is 102 Å². The highest BCUT2D eigenvalue weighted by Gasteiger charge is 2.19. The predicted molar refractivity (Wildman–Crippen MR) is 63.4 cm³/mol. The molecule has 17 heavy (non-hydrogen) atoms. The zero-order chi connectivity index (χ0) is 12.4. The van der Waals surface area contributed by atoms with Crippen LogP contribution < -0.4 is 10.3 Å². The maximum Gasteiger partial charge on any atom is 0.294 e. The second-order valence-electron chi connectivity index (χ2n) is 3.56. The number of fused-ring (bicyclic) bond motifs is 1. The molecule has 0 saturated carbocycles. The van der Waals surface area contributed by atoms with Crippen LogP contribution in [0.2, 0.25) is 0 Å². The summed E-state index contributed by atoms with van der Waals surface area (Å²) < 4.78 is 1.66. The van der Waals surface area contributed by atoms with E-state index in [1.54, 1.807) is 4.57 Å². The molecule has 0 radical (unpaired) electrons. The van der Waals surface area contributed by atoms with Gasteiger partial charge in [0.1, 0.15) is 6.10 Å². The predicted octanol–water partition coefficient (Wildman–Crippen LogP) is -1.10. The average molecular weight is 256 g/mol. The molecule has 5 N–H and O–H groups in total. The van der Waals surface area contributed by atoms with Crippen molar-refractivity contribution in [3.05, 3.63) is 6.33 Å². The van der Waals surface area contributed by atoms with Gasteiger partial charge in [0.15, 0.2) is 5.52 Å². The molecule has 2 rings (SSSR count). The molecule has 7 nitrogen and oxygen atoms in total. The van der Waals surface area contributed by atoms with Crippen molar-refractivity contribution in [2.45, 2.75) is 17.8 Å². The highest BCUT2D eigenvalue weighted by Crippen LogP contribution is 2.17. The normalized spacial score (nSPS) is 13.1. The fraction of sp³-hybridized carbons (Fsp3) is 0.444. The van der Waals surface area contributed by atoms with Crippen LogP contribution in [0.25, 0.3) is 11.2 Å². The van der Waals surface area contributed by atoms with Crippen molar-refractivity contribution >= 4 is 28.7 Å². The summed E-state index contributed by atoms with van der Waals surface area (Å²) in [7, 11) is 0. The summed E-state index contributed by atoms with van der Waals surface area (Å²) in [6, 6.07) is 0. The lowest BCUT2D eigenvalue weighted by Gasteiger charge is -2.05. The SMILES string of the molecule is CSc1nc2c([nH]1)c(N)nc[n+]2C[C@@H](O)CO. The van der Waals surface area contributed by atoms with Crippen molar-refractivity contribution in [1.82, 2.24) is 15.0 Å². The van der Waals surface area contributed by atoms with Crippen LogP contribution >= 0.6 is 11.8 Å². The molecule has 2 heterocycles. The number of aliphatic hydroxyl groups excluding tert-OH is 2. The van der Waals surface area contributed by atoms with Gasteiger partial charge in [-0.1, -0.05) is 21.7 Å². The lowest BCUT2D eigenvalue weighted by molar-refractivity contribution is -0.683. The first-order valence-corrected chi connectivity index (χ1v) is 6.24. The summed E-state index contributed by atoms with van der Waals surface area (Å²) in [5.41, 5.74) is 7.00. The second kappa shape index (κ2) is 4.86. The summed E-state index contributed by atoms with van der Waals surface area (Å²) in [5.74, 6) is 0.363. The Kier molecular flexibility index (Phi) is 3.46. The molecular weight excluding hydrogens is 242 g/mol. The highest BCUT2D eigenvalue weighted by atomic mass is 32.2. The number of imidazole rings is 1. The minimum Gasteiger partial charge on any atom is -0.394 e. The Morgan fingerprint density at radius 3 is 3.06 bits per heavy atom. The van der Waals surface area contributed by atoms with Gasteiger partial charge in [-0.3, -0.25) is 0 Å². The van der Waals surface area contributed by atoms with Gasteiger partial charge in [0.05, 0.1) is 13.2 Å². The van der Waals surface area contributed by atoms with Crippen LogP contribution in [0.1, 0.15) is 0 Å². The number of anilines is 1. The fourth-order valence-corrected chi connectivity index (χ4v) is 1.88. The summed E-state index contributed by atoms with van der Waals surface area (Å²) in [4.78, 5) is 11.4. The van der Waals surface area contributed by atoms with E-state index in [9.17, 15) is 5.11 Å². The number of aromatic nitrogens is 4. The highest BCUT2D eigenvalue weighted by molar-refractivity contribution is 7.98. The molecule has 8 heteroatoms. The van der Waals surface area contributed by atoms with Crippen molar-refractivity contribution < 1.29 is 14.8 Å². The number of H-pyrrole nitrogens is 1. The van der Waals surface area contributed by atoms with Crippen LogP contribution in [-0.2, 0) is 6.54 Å². The van der Waals surface area contributed by atoms with E-state index in [2.05, 4.69) is 15.0 Å². The van der Waals surface area contributed by atoms with Gasteiger partial charge >= 0.3 is 0 Å². The Bertz CT molecular complexity index is 529. The van der Waals surface area contributed by atoms with E-state index in [-0.39, 0.29) is 13.2 Å².